The van der Waals surface area contributed by atoms with Crippen LogP contribution in [-0.4, -0.2) is 20.7 Å². The van der Waals surface area contributed by atoms with E-state index in [1.807, 2.05) is 19.9 Å². The molecule has 3 rings (SSSR count). The minimum Gasteiger partial charge on any atom is -0.300 e. The van der Waals surface area contributed by atoms with Crippen LogP contribution in [0, 0.1) is 25.5 Å². The van der Waals surface area contributed by atoms with Crippen LogP contribution in [0.2, 0.25) is 0 Å². The van der Waals surface area contributed by atoms with Crippen molar-refractivity contribution in [2.45, 2.75) is 20.4 Å². The number of hydrogen-bond acceptors (Lipinski definition) is 4. The van der Waals surface area contributed by atoms with Crippen molar-refractivity contribution in [1.82, 2.24) is 14.8 Å². The van der Waals surface area contributed by atoms with Crippen molar-refractivity contribution in [2.75, 3.05) is 5.32 Å². The van der Waals surface area contributed by atoms with Gasteiger partial charge in [0.1, 0.15) is 17.9 Å². The third kappa shape index (κ3) is 2.82. The van der Waals surface area contributed by atoms with Crippen LogP contribution >= 0.6 is 11.3 Å². The van der Waals surface area contributed by atoms with Crippen LogP contribution in [0.15, 0.2) is 18.2 Å². The van der Waals surface area contributed by atoms with Gasteiger partial charge in [-0.1, -0.05) is 11.3 Å². The molecular weight excluding hydrogens is 310 g/mol. The van der Waals surface area contributed by atoms with E-state index < -0.39 is 11.6 Å². The molecule has 0 fully saturated rings. The van der Waals surface area contributed by atoms with Gasteiger partial charge in [0.25, 0.3) is 0 Å². The van der Waals surface area contributed by atoms with E-state index in [0.717, 1.165) is 28.8 Å². The molecule has 2 aromatic heterocycles. The van der Waals surface area contributed by atoms with Crippen LogP contribution in [-0.2, 0) is 11.3 Å². The first-order chi connectivity index (χ1) is 10.4. The van der Waals surface area contributed by atoms with E-state index in [0.29, 0.717) is 4.70 Å². The number of hydrogen-bond donors (Lipinski definition) is 1. The lowest BCUT2D eigenvalue weighted by Crippen LogP contribution is -2.20. The lowest BCUT2D eigenvalue weighted by Gasteiger charge is -2.03. The molecule has 2 heterocycles. The van der Waals surface area contributed by atoms with Gasteiger partial charge in [-0.05, 0) is 26.0 Å². The topological polar surface area (TPSA) is 59.8 Å². The van der Waals surface area contributed by atoms with Crippen LogP contribution in [0.5, 0.6) is 0 Å². The first-order valence-electron chi connectivity index (χ1n) is 6.49. The Kier molecular flexibility index (Phi) is 3.61. The number of carbonyl (C=O) groups excluding carboxylic acids is 1. The summed E-state index contributed by atoms with van der Waals surface area (Å²) in [7, 11) is 0. The fourth-order valence-corrected chi connectivity index (χ4v) is 3.06. The van der Waals surface area contributed by atoms with Crippen molar-refractivity contribution < 1.29 is 13.6 Å². The fraction of sp³-hybridized carbons (Fsp3) is 0.214. The molecule has 0 atom stereocenters. The zero-order valence-corrected chi connectivity index (χ0v) is 12.7. The molecule has 0 aliphatic heterocycles. The number of carbonyl (C=O) groups is 1. The Hall–Kier alpha value is -2.35. The van der Waals surface area contributed by atoms with E-state index in [4.69, 9.17) is 0 Å². The Labute approximate surface area is 128 Å². The van der Waals surface area contributed by atoms with Crippen molar-refractivity contribution in [3.05, 3.63) is 41.2 Å². The largest absolute Gasteiger partial charge is 0.300 e. The van der Waals surface area contributed by atoms with Gasteiger partial charge in [-0.3, -0.25) is 9.48 Å². The van der Waals surface area contributed by atoms with Gasteiger partial charge >= 0.3 is 0 Å². The zero-order chi connectivity index (χ0) is 15.9. The first-order valence-corrected chi connectivity index (χ1v) is 7.30. The molecule has 0 aliphatic rings. The van der Waals surface area contributed by atoms with Crippen molar-refractivity contribution >= 4 is 32.6 Å². The number of nitrogens with one attached hydrogen (secondary N) is 1. The van der Waals surface area contributed by atoms with E-state index >= 15 is 0 Å². The molecule has 1 amide bonds. The summed E-state index contributed by atoms with van der Waals surface area (Å²) in [4.78, 5) is 16.0. The van der Waals surface area contributed by atoms with Crippen LogP contribution < -0.4 is 5.32 Å². The molecular formula is C14H12F2N4OS. The Morgan fingerprint density at radius 1 is 1.32 bits per heavy atom. The van der Waals surface area contributed by atoms with Crippen molar-refractivity contribution in [3.63, 3.8) is 0 Å². The van der Waals surface area contributed by atoms with Crippen LogP contribution in [0.25, 0.3) is 10.2 Å². The molecule has 1 N–H and O–H groups in total. The van der Waals surface area contributed by atoms with Gasteiger partial charge in [0.05, 0.1) is 10.4 Å². The highest BCUT2D eigenvalue weighted by atomic mass is 32.1. The summed E-state index contributed by atoms with van der Waals surface area (Å²) in [6, 6.07) is 3.82. The maximum atomic E-state index is 13.6. The number of benzene rings is 1. The molecule has 0 bridgehead atoms. The lowest BCUT2D eigenvalue weighted by atomic mass is 10.3. The predicted octanol–water partition coefficient (Wildman–Crippen LogP) is 3.03. The van der Waals surface area contributed by atoms with Gasteiger partial charge in [0.2, 0.25) is 5.91 Å². The van der Waals surface area contributed by atoms with Crippen LogP contribution in [0.4, 0.5) is 13.9 Å². The van der Waals surface area contributed by atoms with Crippen molar-refractivity contribution in [2.24, 2.45) is 0 Å². The second-order valence-electron chi connectivity index (χ2n) is 4.89. The molecule has 3 aromatic rings. The second-order valence-corrected chi connectivity index (χ2v) is 5.92. The van der Waals surface area contributed by atoms with Gasteiger partial charge in [-0.15, -0.1) is 0 Å². The number of rotatable bonds is 3. The third-order valence-corrected chi connectivity index (χ3v) is 3.97. The quantitative estimate of drug-likeness (QED) is 0.806. The van der Waals surface area contributed by atoms with E-state index in [1.165, 1.54) is 6.07 Å². The van der Waals surface area contributed by atoms with Gasteiger partial charge in [-0.25, -0.2) is 13.8 Å². The highest BCUT2D eigenvalue weighted by Gasteiger charge is 2.13. The minimum absolute atomic E-state index is 0.0342. The molecule has 114 valence electrons. The highest BCUT2D eigenvalue weighted by Crippen LogP contribution is 2.28. The monoisotopic (exact) mass is 322 g/mol. The van der Waals surface area contributed by atoms with E-state index in [2.05, 4.69) is 15.4 Å². The Bertz CT molecular complexity index is 871. The molecule has 0 aliphatic carbocycles. The maximum Gasteiger partial charge on any atom is 0.247 e. The summed E-state index contributed by atoms with van der Waals surface area (Å²) in [5.74, 6) is -1.74. The zero-order valence-electron chi connectivity index (χ0n) is 11.9. The second kappa shape index (κ2) is 5.45. The summed E-state index contributed by atoms with van der Waals surface area (Å²) in [5, 5.41) is 7.00. The predicted molar refractivity (Wildman–Crippen MR) is 79.9 cm³/mol. The first kappa shape index (κ1) is 14.6. The Morgan fingerprint density at radius 2 is 2.09 bits per heavy atom. The normalized spacial score (nSPS) is 11.1. The summed E-state index contributed by atoms with van der Waals surface area (Å²) in [6.45, 7) is 3.72. The molecule has 1 aromatic carbocycles. The molecule has 8 heteroatoms. The Morgan fingerprint density at radius 3 is 2.77 bits per heavy atom. The maximum absolute atomic E-state index is 13.6. The number of halogens is 2. The number of thiazole rings is 1. The minimum atomic E-state index is -0.745. The standard InChI is InChI=1S/C14H12F2N4OS/c1-7-3-8(2)20(19-7)6-12(21)17-14-18-13-10(16)4-9(15)5-11(13)22-14/h3-5H,6H2,1-2H3,(H,17,18,21). The third-order valence-electron chi connectivity index (χ3n) is 3.06. The molecule has 0 spiro atoms. The van der Waals surface area contributed by atoms with Gasteiger partial charge in [0.15, 0.2) is 10.9 Å². The number of anilines is 1. The summed E-state index contributed by atoms with van der Waals surface area (Å²) < 4.78 is 28.6. The van der Waals surface area contributed by atoms with E-state index in [1.54, 1.807) is 4.68 Å². The lowest BCUT2D eigenvalue weighted by molar-refractivity contribution is -0.116. The molecule has 0 radical (unpaired) electrons. The number of aromatic nitrogens is 3. The summed E-state index contributed by atoms with van der Waals surface area (Å²) in [5.41, 5.74) is 1.74. The molecule has 5 nitrogen and oxygen atoms in total. The van der Waals surface area contributed by atoms with Crippen LogP contribution in [0.3, 0.4) is 0 Å². The van der Waals surface area contributed by atoms with Crippen LogP contribution in [0.1, 0.15) is 11.4 Å². The Balaban J connectivity index is 1.79. The van der Waals surface area contributed by atoms with Gasteiger partial charge < -0.3 is 5.32 Å². The van der Waals surface area contributed by atoms with Gasteiger partial charge in [-0.2, -0.15) is 5.10 Å². The number of aryl methyl sites for hydroxylation is 2. The summed E-state index contributed by atoms with van der Waals surface area (Å²) in [6.07, 6.45) is 0. The molecule has 22 heavy (non-hydrogen) atoms. The molecule has 0 saturated carbocycles. The number of fused-ring (bicyclic) bond motifs is 1. The SMILES string of the molecule is Cc1cc(C)n(CC(=O)Nc2nc3c(F)cc(F)cc3s2)n1. The average Bonchev–Trinajstić information content (AvgIpc) is 2.93. The van der Waals surface area contributed by atoms with E-state index in [-0.39, 0.29) is 23.1 Å². The van der Waals surface area contributed by atoms with Crippen molar-refractivity contribution in [3.8, 4) is 0 Å². The molecule has 0 unspecified atom stereocenters. The highest BCUT2D eigenvalue weighted by molar-refractivity contribution is 7.22. The van der Waals surface area contributed by atoms with E-state index in [9.17, 15) is 13.6 Å². The summed E-state index contributed by atoms with van der Waals surface area (Å²) >= 11 is 1.02. The van der Waals surface area contributed by atoms with Crippen molar-refractivity contribution in [1.29, 1.82) is 0 Å². The van der Waals surface area contributed by atoms with Gasteiger partial charge in [0, 0.05) is 11.8 Å². The number of nitrogens with zero attached hydrogens (tertiary/aromatic N) is 3. The smallest absolute Gasteiger partial charge is 0.247 e. The fourth-order valence-electron chi connectivity index (χ4n) is 2.14. The number of amides is 1. The average molecular weight is 322 g/mol. The molecule has 0 saturated heterocycles.